The molecule has 5 aliphatic heterocycles. The number of halogens is 2. The molecule has 26 nitrogen and oxygen atoms in total. The van der Waals surface area contributed by atoms with Crippen LogP contribution in [-0.4, -0.2) is 158 Å². The first-order chi connectivity index (χ1) is 43.7. The third kappa shape index (κ3) is 15.6. The highest BCUT2D eigenvalue weighted by Gasteiger charge is 2.43. The third-order valence-electron chi connectivity index (χ3n) is 15.4. The van der Waals surface area contributed by atoms with E-state index < -0.39 is 103 Å². The average Bonchev–Trinajstić information content (AvgIpc) is 1.17. The Morgan fingerprint density at radius 3 is 1.93 bits per heavy atom. The number of amides is 6. The number of fused-ring (bicyclic) bond motifs is 15. The first-order valence-electron chi connectivity index (χ1n) is 28.7. The highest BCUT2D eigenvalue weighted by atomic mass is 35.5. The molecule has 10 rings (SSSR count). The summed E-state index contributed by atoms with van der Waals surface area (Å²) in [4.78, 5) is 91.2. The van der Waals surface area contributed by atoms with Crippen LogP contribution in [0, 0.1) is 17.2 Å². The van der Waals surface area contributed by atoms with Gasteiger partial charge in [-0.25, -0.2) is 4.79 Å². The van der Waals surface area contributed by atoms with Crippen molar-refractivity contribution in [1.82, 2.24) is 36.8 Å². The molecule has 0 unspecified atom stereocenters. The van der Waals surface area contributed by atoms with Gasteiger partial charge in [-0.2, -0.15) is 5.26 Å². The summed E-state index contributed by atoms with van der Waals surface area (Å²) < 4.78 is 59.1. The number of aliphatic hydroxyl groups excluding tert-OH is 2. The lowest BCUT2D eigenvalue weighted by atomic mass is 9.89. The smallest absolute Gasteiger partial charge is 0.410 e. The topological polar surface area (TPSA) is 334 Å². The predicted octanol–water partition coefficient (Wildman–Crippen LogP) is 6.15. The Balaban J connectivity index is 1.40. The maximum absolute atomic E-state index is 15.9. The highest BCUT2D eigenvalue weighted by molar-refractivity contribution is 6.32. The molecule has 5 heterocycles. The fourth-order valence-electron chi connectivity index (χ4n) is 10.8. The molecule has 6 amide bonds. The van der Waals surface area contributed by atoms with E-state index in [1.54, 1.807) is 25.2 Å². The van der Waals surface area contributed by atoms with E-state index in [1.807, 2.05) is 19.9 Å². The van der Waals surface area contributed by atoms with Crippen LogP contribution in [0.4, 0.5) is 4.79 Å². The van der Waals surface area contributed by atoms with Crippen molar-refractivity contribution in [2.45, 2.75) is 81.2 Å². The monoisotopic (exact) mass is 1300 g/mol. The maximum Gasteiger partial charge on any atom is 0.410 e. The van der Waals surface area contributed by atoms with Crippen molar-refractivity contribution in [3.63, 3.8) is 0 Å². The normalized spacial score (nSPS) is 21.0. The first kappa shape index (κ1) is 68.3. The van der Waals surface area contributed by atoms with Crippen LogP contribution in [0.3, 0.4) is 0 Å². The van der Waals surface area contributed by atoms with Crippen molar-refractivity contribution in [2.24, 2.45) is 5.92 Å². The lowest BCUT2D eigenvalue weighted by Gasteiger charge is -2.36. The summed E-state index contributed by atoms with van der Waals surface area (Å²) in [7, 11) is 9.66. The molecular formula is C63H72Cl2N8O18. The fourth-order valence-corrected chi connectivity index (χ4v) is 11.3. The Morgan fingerprint density at radius 1 is 0.703 bits per heavy atom. The largest absolute Gasteiger partial charge is 0.497 e. The van der Waals surface area contributed by atoms with E-state index in [1.165, 1.54) is 96.2 Å². The summed E-state index contributed by atoms with van der Waals surface area (Å²) in [6.07, 6.45) is -5.33. The summed E-state index contributed by atoms with van der Waals surface area (Å²) in [5.74, 6) is -4.70. The molecule has 0 aromatic heterocycles. The van der Waals surface area contributed by atoms with E-state index in [0.29, 0.717) is 12.0 Å². The molecular weight excluding hydrogens is 1230 g/mol. The predicted molar refractivity (Wildman–Crippen MR) is 328 cm³/mol. The Hall–Kier alpha value is -8.65. The van der Waals surface area contributed by atoms with Crippen molar-refractivity contribution in [3.8, 4) is 63.2 Å². The van der Waals surface area contributed by atoms with Gasteiger partial charge < -0.3 is 89.5 Å². The molecule has 0 fully saturated rings. The summed E-state index contributed by atoms with van der Waals surface area (Å²) >= 11 is 14.0. The van der Waals surface area contributed by atoms with Gasteiger partial charge >= 0.3 is 6.09 Å². The van der Waals surface area contributed by atoms with Crippen molar-refractivity contribution in [2.75, 3.05) is 82.9 Å². The summed E-state index contributed by atoms with van der Waals surface area (Å²) in [5, 5.41) is 51.4. The Morgan fingerprint density at radius 2 is 1.35 bits per heavy atom. The number of nitriles is 1. The summed E-state index contributed by atoms with van der Waals surface area (Å²) in [6.45, 7) is 2.91. The molecule has 5 aromatic carbocycles. The van der Waals surface area contributed by atoms with Crippen LogP contribution in [0.2, 0.25) is 10.0 Å². The van der Waals surface area contributed by atoms with Gasteiger partial charge in [0.1, 0.15) is 71.9 Å². The second kappa shape index (κ2) is 30.9. The number of ether oxygens (including phenoxy) is 10. The third-order valence-corrected chi connectivity index (χ3v) is 16.0. The van der Waals surface area contributed by atoms with E-state index in [-0.39, 0.29) is 122 Å². The molecule has 8 N–H and O–H groups in total. The van der Waals surface area contributed by atoms with Gasteiger partial charge in [0.2, 0.25) is 35.3 Å². The number of nitrogens with zero attached hydrogens (tertiary/aromatic N) is 2. The zero-order valence-electron chi connectivity index (χ0n) is 51.3. The zero-order chi connectivity index (χ0) is 65.8. The van der Waals surface area contributed by atoms with Crippen LogP contribution >= 0.6 is 23.2 Å². The standard InChI is InChI=1S/C63H72Cl2N8O18/c1-31(2)20-42(67-3)59(77)71-52-55(74)33-11-14-46(39(64)22-33)90-49-24-35-25-50(57(49)86-8)91-47-15-12-34(23-40(47)65)56(75)53-61(79)70-44(29-89-30-88-19-18-82-4)37-26-36(83-5)27-48(85-7)51(37)38-21-32(10-13-45(38)84-6)54(62(80)72-53)73(63(81)87-9)28-43(35)69-58(76)41(16-17-66)68-60(52)78/h10-15,21-27,31,41-44,52-56,67,74-75H,16,18-20,28-30H2,1-9H3,(H,68,78)(H,69,76)(H,70,79)(H,71,77)(H,72,80)/t41-,42+,43-,44+,52+,53-,54+,55+,56+/m0/s1. The van der Waals surface area contributed by atoms with Gasteiger partial charge in [0.05, 0.1) is 96.0 Å². The van der Waals surface area contributed by atoms with Gasteiger partial charge in [-0.05, 0) is 102 Å². The number of hydrogen-bond acceptors (Lipinski definition) is 20. The number of rotatable bonds is 17. The number of methoxy groups -OCH3 is 6. The molecule has 0 radical (unpaired) electrons. The minimum absolute atomic E-state index is 0.00179. The number of nitrogens with one attached hydrogen (secondary N) is 6. The van der Waals surface area contributed by atoms with E-state index in [9.17, 15) is 25.1 Å². The van der Waals surface area contributed by atoms with Gasteiger partial charge in [-0.1, -0.05) is 55.2 Å². The molecule has 11 bridgehead atoms. The maximum atomic E-state index is 15.9. The molecule has 0 saturated carbocycles. The van der Waals surface area contributed by atoms with Crippen molar-refractivity contribution in [1.29, 1.82) is 5.26 Å². The molecule has 0 spiro atoms. The van der Waals surface area contributed by atoms with Crippen LogP contribution in [0.15, 0.2) is 78.9 Å². The Labute approximate surface area is 534 Å². The number of hydrogen-bond donors (Lipinski definition) is 8. The van der Waals surface area contributed by atoms with Crippen LogP contribution in [0.1, 0.15) is 84.8 Å². The number of likely N-dealkylation sites (N-methyl/N-ethyl adjacent to an activating group) is 1. The van der Waals surface area contributed by atoms with Crippen LogP contribution in [0.5, 0.6) is 46.0 Å². The Bertz CT molecular complexity index is 3550. The number of carbonyl (C=O) groups is 6. The Kier molecular flexibility index (Phi) is 23.2. The number of benzene rings is 5. The first-order valence-corrected chi connectivity index (χ1v) is 29.5. The summed E-state index contributed by atoms with van der Waals surface area (Å²) in [6, 6.07) is 9.69. The van der Waals surface area contributed by atoms with E-state index in [0.717, 1.165) is 12.0 Å². The van der Waals surface area contributed by atoms with Gasteiger partial charge in [-0.3, -0.25) is 28.9 Å². The van der Waals surface area contributed by atoms with Crippen LogP contribution in [0.25, 0.3) is 11.1 Å². The van der Waals surface area contributed by atoms with Crippen LogP contribution < -0.4 is 60.3 Å². The second-order valence-electron chi connectivity index (χ2n) is 21.7. The molecule has 91 heavy (non-hydrogen) atoms. The van der Waals surface area contributed by atoms with Gasteiger partial charge in [0.15, 0.2) is 11.5 Å². The number of aliphatic hydroxyl groups is 2. The lowest BCUT2D eigenvalue weighted by Crippen LogP contribution is -2.58. The van der Waals surface area contributed by atoms with E-state index in [4.69, 9.17) is 70.6 Å². The number of carbonyl (C=O) groups excluding carboxylic acids is 6. The van der Waals surface area contributed by atoms with Crippen LogP contribution in [-0.2, 0) is 42.9 Å². The molecule has 486 valence electrons. The van der Waals surface area contributed by atoms with Gasteiger partial charge in [-0.15, -0.1) is 0 Å². The van der Waals surface area contributed by atoms with Gasteiger partial charge in [0.25, 0.3) is 0 Å². The molecule has 5 aliphatic rings. The summed E-state index contributed by atoms with van der Waals surface area (Å²) in [5.41, 5.74) is 0.960. The van der Waals surface area contributed by atoms with Crippen molar-refractivity contribution in [3.05, 3.63) is 117 Å². The van der Waals surface area contributed by atoms with Gasteiger partial charge in [0, 0.05) is 30.8 Å². The minimum atomic E-state index is -1.93. The molecule has 0 saturated heterocycles. The zero-order valence-corrected chi connectivity index (χ0v) is 52.8. The highest BCUT2D eigenvalue weighted by Crippen LogP contribution is 2.49. The molecule has 9 atom stereocenters. The van der Waals surface area contributed by atoms with E-state index in [2.05, 4.69) is 31.9 Å². The molecule has 5 aromatic rings. The minimum Gasteiger partial charge on any atom is -0.497 e. The second-order valence-corrected chi connectivity index (χ2v) is 22.5. The quantitative estimate of drug-likeness (QED) is 0.0382. The lowest BCUT2D eigenvalue weighted by molar-refractivity contribution is -0.136. The van der Waals surface area contributed by atoms with E-state index >= 15 is 19.2 Å². The van der Waals surface area contributed by atoms with Crippen molar-refractivity contribution < 1.29 is 86.3 Å². The van der Waals surface area contributed by atoms with Crippen molar-refractivity contribution >= 4 is 58.8 Å². The average molecular weight is 1300 g/mol. The molecule has 0 aliphatic carbocycles. The molecule has 28 heteroatoms. The fraction of sp³-hybridized carbons (Fsp3) is 0.413. The SMILES string of the molecule is CN[C@H](CC(C)C)C(=O)N[C@H]1C(=O)N[C@@H](CC#N)C(=O)N[C@H]2CN(C(=O)OC)[C@H]3C(=O)N[C@H](C(=O)N[C@H](COCOCCOC)c4cc(OC)cc(OC)c4-c4cc3ccc4OC)[C@H](O)c3ccc(c(Cl)c3)Oc3cc2cc(c3OC)Oc2ccc(cc2Cl)[C@H]1O.